The van der Waals surface area contributed by atoms with Gasteiger partial charge in [-0.05, 0) is 46.9 Å². The largest absolute Gasteiger partial charge is 0.363 e. The minimum atomic E-state index is 0.750. The van der Waals surface area contributed by atoms with Crippen molar-refractivity contribution < 1.29 is 0 Å². The summed E-state index contributed by atoms with van der Waals surface area (Å²) in [6.45, 7) is 0. The van der Waals surface area contributed by atoms with Crippen LogP contribution in [0.3, 0.4) is 0 Å². The maximum Gasteiger partial charge on any atom is 0.180 e. The maximum absolute atomic E-state index is 4.56. The number of hydrogen-bond donors (Lipinski definition) is 1. The van der Waals surface area contributed by atoms with Crippen LogP contribution in [0.15, 0.2) is 36.4 Å². The molecule has 0 spiro atoms. The zero-order chi connectivity index (χ0) is 13.4. The number of halogens is 1. The van der Waals surface area contributed by atoms with Gasteiger partial charge < -0.3 is 9.88 Å². The predicted molar refractivity (Wildman–Crippen MR) is 86.4 cm³/mol. The van der Waals surface area contributed by atoms with Gasteiger partial charge in [-0.1, -0.05) is 12.1 Å². The first-order valence-electron chi connectivity index (χ1n) is 5.93. The summed E-state index contributed by atoms with van der Waals surface area (Å²) in [7, 11) is 3.95. The van der Waals surface area contributed by atoms with Crippen LogP contribution in [0.1, 0.15) is 0 Å². The molecule has 3 rings (SSSR count). The Hall–Kier alpha value is -1.63. The number of aromatic nitrogens is 3. The second-order valence-corrected chi connectivity index (χ2v) is 5.77. The third-order valence-corrected chi connectivity index (χ3v) is 3.63. The van der Waals surface area contributed by atoms with Gasteiger partial charge >= 0.3 is 0 Å². The molecule has 0 bridgehead atoms. The van der Waals surface area contributed by atoms with Gasteiger partial charge in [0.25, 0.3) is 0 Å². The highest BCUT2D eigenvalue weighted by Gasteiger charge is 2.07. The Morgan fingerprint density at radius 3 is 2.42 bits per heavy atom. The number of pyridine rings is 1. The predicted octanol–water partition coefficient (Wildman–Crippen LogP) is 3.30. The molecule has 2 aromatic heterocycles. The number of rotatable bonds is 2. The minimum absolute atomic E-state index is 0.750. The molecule has 0 aliphatic carbocycles. The van der Waals surface area contributed by atoms with Crippen LogP contribution < -0.4 is 4.90 Å². The Balaban J connectivity index is 2.08. The minimum Gasteiger partial charge on any atom is -0.363 e. The van der Waals surface area contributed by atoms with Crippen molar-refractivity contribution in [3.05, 3.63) is 40.0 Å². The number of fused-ring (bicyclic) bond motifs is 1. The van der Waals surface area contributed by atoms with Gasteiger partial charge in [-0.25, -0.2) is 9.97 Å². The van der Waals surface area contributed by atoms with Crippen molar-refractivity contribution in [1.29, 1.82) is 0 Å². The molecule has 0 saturated heterocycles. The summed E-state index contributed by atoms with van der Waals surface area (Å²) >= 11 is 2.29. The topological polar surface area (TPSA) is 44.8 Å². The molecule has 1 aromatic carbocycles. The monoisotopic (exact) mass is 364 g/mol. The molecule has 0 saturated carbocycles. The van der Waals surface area contributed by atoms with Crippen LogP contribution in [0, 0.1) is 3.57 Å². The summed E-state index contributed by atoms with van der Waals surface area (Å²) in [4.78, 5) is 14.4. The second-order valence-electron chi connectivity index (χ2n) is 4.53. The van der Waals surface area contributed by atoms with E-state index < -0.39 is 0 Å². The molecule has 3 aromatic rings. The van der Waals surface area contributed by atoms with Gasteiger partial charge in [0.2, 0.25) is 0 Å². The third kappa shape index (κ3) is 2.42. The highest BCUT2D eigenvalue weighted by atomic mass is 127. The van der Waals surface area contributed by atoms with Crippen LogP contribution in [-0.4, -0.2) is 29.0 Å². The quantitative estimate of drug-likeness (QED) is 0.710. The Bertz CT molecular complexity index is 716. The molecule has 0 aliphatic heterocycles. The standard InChI is InChI=1S/C14H13IN4/c1-19(2)12-8-7-11-14(17-12)18-13(16-11)9-3-5-10(15)6-4-9/h3-8H,1-2H3,(H,16,17,18). The molecule has 0 unspecified atom stereocenters. The van der Waals surface area contributed by atoms with E-state index >= 15 is 0 Å². The molecule has 19 heavy (non-hydrogen) atoms. The number of H-pyrrole nitrogens is 1. The average molecular weight is 364 g/mol. The molecule has 4 nitrogen and oxygen atoms in total. The Labute approximate surface area is 125 Å². The normalized spacial score (nSPS) is 10.9. The van der Waals surface area contributed by atoms with Crippen LogP contribution in [0.2, 0.25) is 0 Å². The van der Waals surface area contributed by atoms with Crippen molar-refractivity contribution >= 4 is 39.6 Å². The summed E-state index contributed by atoms with van der Waals surface area (Å²) in [5.41, 5.74) is 2.78. The van der Waals surface area contributed by atoms with E-state index in [9.17, 15) is 0 Å². The molecule has 0 fully saturated rings. The zero-order valence-corrected chi connectivity index (χ0v) is 12.8. The first-order valence-corrected chi connectivity index (χ1v) is 7.01. The highest BCUT2D eigenvalue weighted by molar-refractivity contribution is 14.1. The molecule has 1 N–H and O–H groups in total. The SMILES string of the molecule is CN(C)c1ccc2[nH]c(-c3ccc(I)cc3)nc2n1. The third-order valence-electron chi connectivity index (χ3n) is 2.91. The number of nitrogens with zero attached hydrogens (tertiary/aromatic N) is 3. The van der Waals surface area contributed by atoms with Crippen LogP contribution in [-0.2, 0) is 0 Å². The average Bonchev–Trinajstić information content (AvgIpc) is 2.82. The van der Waals surface area contributed by atoms with Gasteiger partial charge in [-0.3, -0.25) is 0 Å². The highest BCUT2D eigenvalue weighted by Crippen LogP contribution is 2.21. The Kier molecular flexibility index (Phi) is 3.14. The Morgan fingerprint density at radius 2 is 1.74 bits per heavy atom. The lowest BCUT2D eigenvalue weighted by Crippen LogP contribution is -2.10. The fraction of sp³-hybridized carbons (Fsp3) is 0.143. The molecule has 0 atom stereocenters. The molecule has 0 radical (unpaired) electrons. The lowest BCUT2D eigenvalue weighted by Gasteiger charge is -2.09. The summed E-state index contributed by atoms with van der Waals surface area (Å²) in [5.74, 6) is 1.77. The van der Waals surface area contributed by atoms with Crippen LogP contribution >= 0.6 is 22.6 Å². The van der Waals surface area contributed by atoms with Gasteiger partial charge in [-0.2, -0.15) is 0 Å². The summed E-state index contributed by atoms with van der Waals surface area (Å²) in [6, 6.07) is 12.3. The number of nitrogens with one attached hydrogen (secondary N) is 1. The maximum atomic E-state index is 4.56. The van der Waals surface area contributed by atoms with Crippen molar-refractivity contribution in [1.82, 2.24) is 15.0 Å². The Morgan fingerprint density at radius 1 is 1.00 bits per heavy atom. The molecular formula is C14H13IN4. The van der Waals surface area contributed by atoms with Crippen molar-refractivity contribution in [3.8, 4) is 11.4 Å². The van der Waals surface area contributed by atoms with Crippen molar-refractivity contribution in [2.24, 2.45) is 0 Å². The summed E-state index contributed by atoms with van der Waals surface area (Å²) < 4.78 is 1.21. The van der Waals surface area contributed by atoms with Gasteiger partial charge in [0.15, 0.2) is 5.65 Å². The molecule has 2 heterocycles. The first-order chi connectivity index (χ1) is 9.13. The van der Waals surface area contributed by atoms with Crippen molar-refractivity contribution in [2.45, 2.75) is 0 Å². The van der Waals surface area contributed by atoms with Crippen molar-refractivity contribution in [3.63, 3.8) is 0 Å². The van der Waals surface area contributed by atoms with Gasteiger partial charge in [0.05, 0.1) is 5.52 Å². The van der Waals surface area contributed by atoms with E-state index in [0.29, 0.717) is 0 Å². The fourth-order valence-electron chi connectivity index (χ4n) is 1.88. The molecule has 0 amide bonds. The number of hydrogen-bond acceptors (Lipinski definition) is 3. The fourth-order valence-corrected chi connectivity index (χ4v) is 2.24. The van der Waals surface area contributed by atoms with E-state index in [1.807, 2.05) is 31.1 Å². The number of imidazole rings is 1. The summed E-state index contributed by atoms with van der Waals surface area (Å²) in [5, 5.41) is 0. The van der Waals surface area contributed by atoms with E-state index in [4.69, 9.17) is 0 Å². The van der Waals surface area contributed by atoms with Gasteiger partial charge in [0.1, 0.15) is 11.6 Å². The number of aromatic amines is 1. The van der Waals surface area contributed by atoms with E-state index in [1.165, 1.54) is 3.57 Å². The summed E-state index contributed by atoms with van der Waals surface area (Å²) in [6.07, 6.45) is 0. The molecule has 5 heteroatoms. The number of benzene rings is 1. The van der Waals surface area contributed by atoms with Gasteiger partial charge in [-0.15, -0.1) is 0 Å². The van der Waals surface area contributed by atoms with Gasteiger partial charge in [0, 0.05) is 23.2 Å². The van der Waals surface area contributed by atoms with Crippen molar-refractivity contribution in [2.75, 3.05) is 19.0 Å². The lowest BCUT2D eigenvalue weighted by atomic mass is 10.2. The van der Waals surface area contributed by atoms with E-state index in [2.05, 4.69) is 61.8 Å². The smallest absolute Gasteiger partial charge is 0.180 e. The first kappa shape index (κ1) is 12.4. The molecule has 96 valence electrons. The second kappa shape index (κ2) is 4.80. The van der Waals surface area contributed by atoms with E-state index in [-0.39, 0.29) is 0 Å². The van der Waals surface area contributed by atoms with E-state index in [0.717, 1.165) is 28.4 Å². The van der Waals surface area contributed by atoms with E-state index in [1.54, 1.807) is 0 Å². The van der Waals surface area contributed by atoms with Crippen LogP contribution in [0.5, 0.6) is 0 Å². The van der Waals surface area contributed by atoms with Crippen LogP contribution in [0.4, 0.5) is 5.82 Å². The molecule has 0 aliphatic rings. The molecular weight excluding hydrogens is 351 g/mol. The zero-order valence-electron chi connectivity index (χ0n) is 10.7. The van der Waals surface area contributed by atoms with Crippen LogP contribution in [0.25, 0.3) is 22.6 Å². The number of anilines is 1. The lowest BCUT2D eigenvalue weighted by molar-refractivity contribution is 1.08.